The molecule has 53 heavy (non-hydrogen) atoms. The summed E-state index contributed by atoms with van der Waals surface area (Å²) in [5.41, 5.74) is 5.62. The Morgan fingerprint density at radius 2 is 1.57 bits per heavy atom. The van der Waals surface area contributed by atoms with E-state index in [4.69, 9.17) is 5.11 Å². The zero-order chi connectivity index (χ0) is 37.3. The van der Waals surface area contributed by atoms with Gasteiger partial charge >= 0.3 is 6.09 Å². The Kier molecular flexibility index (Phi) is 12.1. The lowest BCUT2D eigenvalue weighted by Gasteiger charge is -2.29. The van der Waals surface area contributed by atoms with Crippen LogP contribution in [0.5, 0.6) is 0 Å². The molecule has 0 bridgehead atoms. The van der Waals surface area contributed by atoms with E-state index in [2.05, 4.69) is 41.9 Å². The van der Waals surface area contributed by atoms with Gasteiger partial charge in [0.15, 0.2) is 0 Å². The van der Waals surface area contributed by atoms with Crippen LogP contribution in [0.3, 0.4) is 0 Å². The predicted octanol–water partition coefficient (Wildman–Crippen LogP) is 4.62. The van der Waals surface area contributed by atoms with Gasteiger partial charge in [0, 0.05) is 41.7 Å². The first-order valence-electron chi connectivity index (χ1n) is 18.2. The van der Waals surface area contributed by atoms with E-state index in [1.807, 2.05) is 49.4 Å². The largest absolute Gasteiger partial charge is 0.465 e. The predicted molar refractivity (Wildman–Crippen MR) is 198 cm³/mol. The SMILES string of the molecule is Cc1cc(C(=O)NC2CCC(O)CC2)ccc1-c1ccc(C[C@H](NC(=O)C2CCC(CNC(=O)O)CC2)C(=O)Nc2ccc(-c3nn[nH]n3)cc2)cc1. The number of hydrogen-bond donors (Lipinski definition) is 7. The molecule has 7 N–H and O–H groups in total. The van der Waals surface area contributed by atoms with E-state index in [0.717, 1.165) is 53.5 Å². The average molecular weight is 723 g/mol. The number of carbonyl (C=O) groups is 4. The molecule has 14 nitrogen and oxygen atoms in total. The Labute approximate surface area is 307 Å². The minimum atomic E-state index is -1.05. The van der Waals surface area contributed by atoms with Crippen molar-refractivity contribution in [1.82, 2.24) is 36.6 Å². The zero-order valence-electron chi connectivity index (χ0n) is 29.7. The van der Waals surface area contributed by atoms with Crippen LogP contribution in [0.4, 0.5) is 10.5 Å². The number of nitrogens with one attached hydrogen (secondary N) is 5. The summed E-state index contributed by atoms with van der Waals surface area (Å²) < 4.78 is 0. The van der Waals surface area contributed by atoms with Gasteiger partial charge in [0.1, 0.15) is 6.04 Å². The minimum absolute atomic E-state index is 0.0699. The molecular formula is C39H46N8O6. The Morgan fingerprint density at radius 3 is 2.21 bits per heavy atom. The topological polar surface area (TPSA) is 211 Å². The molecule has 2 saturated carbocycles. The summed E-state index contributed by atoms with van der Waals surface area (Å²) in [4.78, 5) is 51.1. The number of aliphatic hydroxyl groups is 1. The number of nitrogens with zero attached hydrogens (tertiary/aromatic N) is 3. The van der Waals surface area contributed by atoms with Gasteiger partial charge in [0.2, 0.25) is 17.6 Å². The maximum atomic E-state index is 13.7. The van der Waals surface area contributed by atoms with Crippen LogP contribution in [0.25, 0.3) is 22.5 Å². The molecule has 278 valence electrons. The van der Waals surface area contributed by atoms with E-state index < -0.39 is 12.1 Å². The van der Waals surface area contributed by atoms with Crippen molar-refractivity contribution >= 4 is 29.5 Å². The molecule has 0 aliphatic heterocycles. The van der Waals surface area contributed by atoms with Crippen molar-refractivity contribution in [2.24, 2.45) is 11.8 Å². The summed E-state index contributed by atoms with van der Waals surface area (Å²) >= 11 is 0. The Morgan fingerprint density at radius 1 is 0.868 bits per heavy atom. The molecule has 0 saturated heterocycles. The second-order valence-electron chi connectivity index (χ2n) is 14.2. The molecule has 14 heteroatoms. The number of aromatic nitrogens is 4. The summed E-state index contributed by atoms with van der Waals surface area (Å²) in [6, 6.07) is 19.7. The van der Waals surface area contributed by atoms with Gasteiger partial charge in [-0.25, -0.2) is 4.79 Å². The lowest BCUT2D eigenvalue weighted by atomic mass is 9.81. The molecule has 1 atom stereocenters. The summed E-state index contributed by atoms with van der Waals surface area (Å²) in [5, 5.41) is 44.2. The third kappa shape index (κ3) is 10.0. The van der Waals surface area contributed by atoms with Gasteiger partial charge in [-0.2, -0.15) is 5.21 Å². The fraction of sp³-hybridized carbons (Fsp3) is 0.410. The fourth-order valence-corrected chi connectivity index (χ4v) is 7.25. The number of aromatic amines is 1. The summed E-state index contributed by atoms with van der Waals surface area (Å²) in [5.74, 6) is -0.334. The van der Waals surface area contributed by atoms with Crippen LogP contribution in [-0.2, 0) is 16.0 Å². The first kappa shape index (κ1) is 37.1. The van der Waals surface area contributed by atoms with Crippen LogP contribution < -0.4 is 21.3 Å². The quantitative estimate of drug-likeness (QED) is 0.109. The van der Waals surface area contributed by atoms with E-state index in [0.29, 0.717) is 49.3 Å². The summed E-state index contributed by atoms with van der Waals surface area (Å²) in [6.45, 7) is 2.33. The molecule has 3 aromatic carbocycles. The number of anilines is 1. The Bertz CT molecular complexity index is 1870. The number of amides is 4. The molecule has 1 aromatic heterocycles. The van der Waals surface area contributed by atoms with E-state index in [1.54, 1.807) is 24.3 Å². The number of benzene rings is 3. The van der Waals surface area contributed by atoms with Gasteiger partial charge in [0.05, 0.1) is 6.10 Å². The maximum absolute atomic E-state index is 13.7. The van der Waals surface area contributed by atoms with Gasteiger partial charge in [-0.05, 0) is 128 Å². The highest BCUT2D eigenvalue weighted by atomic mass is 16.4. The monoisotopic (exact) mass is 722 g/mol. The third-order valence-electron chi connectivity index (χ3n) is 10.4. The van der Waals surface area contributed by atoms with Gasteiger partial charge < -0.3 is 31.5 Å². The van der Waals surface area contributed by atoms with Gasteiger partial charge in [0.25, 0.3) is 5.91 Å². The van der Waals surface area contributed by atoms with E-state index in [9.17, 15) is 24.3 Å². The molecule has 0 unspecified atom stereocenters. The van der Waals surface area contributed by atoms with Crippen LogP contribution in [0, 0.1) is 18.8 Å². The molecule has 4 amide bonds. The molecular weight excluding hydrogens is 676 g/mol. The van der Waals surface area contributed by atoms with Gasteiger partial charge in [-0.15, -0.1) is 10.2 Å². The van der Waals surface area contributed by atoms with Crippen molar-refractivity contribution in [3.63, 3.8) is 0 Å². The highest BCUT2D eigenvalue weighted by molar-refractivity contribution is 5.98. The number of H-pyrrole nitrogens is 1. The Balaban J connectivity index is 1.12. The van der Waals surface area contributed by atoms with Crippen molar-refractivity contribution in [2.75, 3.05) is 11.9 Å². The van der Waals surface area contributed by atoms with Crippen LogP contribution in [-0.4, -0.2) is 79.4 Å². The summed E-state index contributed by atoms with van der Waals surface area (Å²) in [6.07, 6.45) is 4.54. The maximum Gasteiger partial charge on any atom is 0.404 e. The lowest BCUT2D eigenvalue weighted by Crippen LogP contribution is -2.48. The van der Waals surface area contributed by atoms with Crippen molar-refractivity contribution in [2.45, 2.75) is 82.9 Å². The lowest BCUT2D eigenvalue weighted by molar-refractivity contribution is -0.130. The average Bonchev–Trinajstić information content (AvgIpc) is 3.71. The second kappa shape index (κ2) is 17.3. The standard InChI is InChI=1S/C39H46N8O6/c1-23-20-29(37(50)41-31-15-17-32(48)18-16-31)12-19-33(23)26-6-2-24(3-7-26)21-34(43-36(49)28-8-4-25(5-9-28)22-40-39(52)53)38(51)42-30-13-10-27(11-14-30)35-44-46-47-45-35/h2-3,6-7,10-14,19-20,25,28,31-32,34,40,48H,4-5,8-9,15-18,21-22H2,1H3,(H,41,50)(H,42,51)(H,43,49)(H,52,53)(H,44,45,46,47)/t25?,28?,31?,32?,34-/m0/s1. The minimum Gasteiger partial charge on any atom is -0.465 e. The third-order valence-corrected chi connectivity index (χ3v) is 10.4. The number of rotatable bonds is 12. The molecule has 1 heterocycles. The first-order chi connectivity index (χ1) is 25.6. The molecule has 6 rings (SSSR count). The van der Waals surface area contributed by atoms with Crippen LogP contribution in [0.15, 0.2) is 66.7 Å². The molecule has 2 fully saturated rings. The van der Waals surface area contributed by atoms with E-state index in [1.165, 1.54) is 0 Å². The number of aliphatic hydroxyl groups excluding tert-OH is 1. The molecule has 4 aromatic rings. The Hall–Kier alpha value is -5.63. The normalized spacial score (nSPS) is 20.5. The smallest absolute Gasteiger partial charge is 0.404 e. The van der Waals surface area contributed by atoms with Crippen LogP contribution in [0.1, 0.15) is 72.9 Å². The molecule has 2 aliphatic rings. The van der Waals surface area contributed by atoms with Gasteiger partial charge in [-0.3, -0.25) is 14.4 Å². The van der Waals surface area contributed by atoms with Crippen LogP contribution in [0.2, 0.25) is 0 Å². The van der Waals surface area contributed by atoms with Crippen LogP contribution >= 0.6 is 0 Å². The molecule has 0 radical (unpaired) electrons. The second-order valence-corrected chi connectivity index (χ2v) is 14.2. The van der Waals surface area contributed by atoms with E-state index >= 15 is 0 Å². The van der Waals surface area contributed by atoms with E-state index in [-0.39, 0.29) is 48.1 Å². The highest BCUT2D eigenvalue weighted by Crippen LogP contribution is 2.30. The molecule has 0 spiro atoms. The summed E-state index contributed by atoms with van der Waals surface area (Å²) in [7, 11) is 0. The number of carbonyl (C=O) groups excluding carboxylic acids is 3. The number of aryl methyl sites for hydroxylation is 1. The first-order valence-corrected chi connectivity index (χ1v) is 18.2. The molecule has 2 aliphatic carbocycles. The fourth-order valence-electron chi connectivity index (χ4n) is 7.25. The van der Waals surface area contributed by atoms with Crippen molar-refractivity contribution < 1.29 is 29.4 Å². The van der Waals surface area contributed by atoms with Crippen molar-refractivity contribution in [3.8, 4) is 22.5 Å². The zero-order valence-corrected chi connectivity index (χ0v) is 29.7. The number of hydrogen-bond acceptors (Lipinski definition) is 8. The van der Waals surface area contributed by atoms with Crippen molar-refractivity contribution in [3.05, 3.63) is 83.4 Å². The number of tetrazole rings is 1. The number of carboxylic acid groups (broad SMARTS) is 1. The van der Waals surface area contributed by atoms with Gasteiger partial charge in [-0.1, -0.05) is 30.3 Å². The van der Waals surface area contributed by atoms with Crippen molar-refractivity contribution in [1.29, 1.82) is 0 Å². The highest BCUT2D eigenvalue weighted by Gasteiger charge is 2.30.